The zero-order valence-electron chi connectivity index (χ0n) is 12.0. The number of nitrogens with two attached hydrogens (primary N) is 1. The molecule has 0 spiro atoms. The Balaban J connectivity index is 2.17. The first-order chi connectivity index (χ1) is 10.1. The van der Waals surface area contributed by atoms with E-state index in [0.717, 1.165) is 12.0 Å². The highest BCUT2D eigenvalue weighted by Gasteiger charge is 2.15. The number of anilines is 1. The van der Waals surface area contributed by atoms with E-state index < -0.39 is 0 Å². The van der Waals surface area contributed by atoms with Crippen molar-refractivity contribution in [2.24, 2.45) is 0 Å². The monoisotopic (exact) mass is 285 g/mol. The summed E-state index contributed by atoms with van der Waals surface area (Å²) in [4.78, 5) is 27.9. The van der Waals surface area contributed by atoms with E-state index in [1.807, 2.05) is 31.2 Å². The third kappa shape index (κ3) is 3.95. The summed E-state index contributed by atoms with van der Waals surface area (Å²) >= 11 is 0. The van der Waals surface area contributed by atoms with Crippen LogP contribution in [0.2, 0.25) is 0 Å². The number of nitrogens with zero attached hydrogens (tertiary/aromatic N) is 1. The molecule has 110 valence electrons. The lowest BCUT2D eigenvalue weighted by Crippen LogP contribution is -2.31. The lowest BCUT2D eigenvalue weighted by molar-refractivity contribution is 0.0742. The Morgan fingerprint density at radius 1 is 1.19 bits per heavy atom. The van der Waals surface area contributed by atoms with Gasteiger partial charge in [-0.05, 0) is 30.2 Å². The topological polar surface area (TPSA) is 79.2 Å². The molecule has 1 aromatic heterocycles. The third-order valence-corrected chi connectivity index (χ3v) is 3.17. The van der Waals surface area contributed by atoms with Crippen molar-refractivity contribution in [2.45, 2.75) is 19.9 Å². The van der Waals surface area contributed by atoms with Gasteiger partial charge >= 0.3 is 0 Å². The molecule has 5 heteroatoms. The molecule has 1 amide bonds. The highest BCUT2D eigenvalue weighted by molar-refractivity contribution is 5.93. The predicted molar refractivity (Wildman–Crippen MR) is 82.9 cm³/mol. The summed E-state index contributed by atoms with van der Waals surface area (Å²) < 4.78 is 0. The largest absolute Gasteiger partial charge is 0.399 e. The number of aromatic amines is 1. The Labute approximate surface area is 123 Å². The molecule has 2 rings (SSSR count). The van der Waals surface area contributed by atoms with Crippen molar-refractivity contribution >= 4 is 11.6 Å². The summed E-state index contributed by atoms with van der Waals surface area (Å²) in [5.74, 6) is -0.0927. The Bertz CT molecular complexity index is 641. The molecule has 0 saturated carbocycles. The number of aromatic nitrogens is 1. The molecule has 1 aromatic carbocycles. The van der Waals surface area contributed by atoms with Crippen LogP contribution in [0.4, 0.5) is 5.69 Å². The molecule has 0 atom stereocenters. The number of nitrogens with one attached hydrogen (secondary N) is 1. The lowest BCUT2D eigenvalue weighted by atomic mass is 10.1. The van der Waals surface area contributed by atoms with Crippen molar-refractivity contribution in [3.8, 4) is 0 Å². The Morgan fingerprint density at radius 3 is 2.48 bits per heavy atom. The summed E-state index contributed by atoms with van der Waals surface area (Å²) in [5.41, 5.74) is 7.66. The number of pyridine rings is 1. The molecule has 0 aliphatic carbocycles. The fourth-order valence-electron chi connectivity index (χ4n) is 2.09. The van der Waals surface area contributed by atoms with Crippen LogP contribution in [0.5, 0.6) is 0 Å². The fourth-order valence-corrected chi connectivity index (χ4v) is 2.09. The van der Waals surface area contributed by atoms with Crippen molar-refractivity contribution < 1.29 is 4.79 Å². The van der Waals surface area contributed by atoms with Crippen molar-refractivity contribution in [1.29, 1.82) is 0 Å². The zero-order valence-corrected chi connectivity index (χ0v) is 12.0. The molecule has 21 heavy (non-hydrogen) atoms. The van der Waals surface area contributed by atoms with Crippen LogP contribution in [0.25, 0.3) is 0 Å². The van der Waals surface area contributed by atoms with Crippen LogP contribution in [0, 0.1) is 0 Å². The van der Waals surface area contributed by atoms with Crippen molar-refractivity contribution in [2.75, 3.05) is 12.3 Å². The van der Waals surface area contributed by atoms with E-state index >= 15 is 0 Å². The van der Waals surface area contributed by atoms with Gasteiger partial charge in [0.25, 0.3) is 5.91 Å². The molecule has 0 saturated heterocycles. The van der Waals surface area contributed by atoms with Crippen LogP contribution in [-0.2, 0) is 6.54 Å². The maximum atomic E-state index is 12.5. The van der Waals surface area contributed by atoms with Crippen molar-refractivity contribution in [3.05, 3.63) is 64.1 Å². The molecule has 0 bridgehead atoms. The summed E-state index contributed by atoms with van der Waals surface area (Å²) in [6.07, 6.45) is 2.32. The van der Waals surface area contributed by atoms with Gasteiger partial charge in [-0.1, -0.05) is 19.1 Å². The molecular formula is C16H19N3O2. The highest BCUT2D eigenvalue weighted by atomic mass is 16.2. The van der Waals surface area contributed by atoms with Crippen LogP contribution in [0.3, 0.4) is 0 Å². The molecule has 0 radical (unpaired) electrons. The van der Waals surface area contributed by atoms with Gasteiger partial charge in [-0.2, -0.15) is 0 Å². The Hall–Kier alpha value is -2.56. The highest BCUT2D eigenvalue weighted by Crippen LogP contribution is 2.11. The fraction of sp³-hybridized carbons (Fsp3) is 0.250. The van der Waals surface area contributed by atoms with Gasteiger partial charge in [0.1, 0.15) is 0 Å². The van der Waals surface area contributed by atoms with Crippen molar-refractivity contribution in [3.63, 3.8) is 0 Å². The number of hydrogen-bond acceptors (Lipinski definition) is 3. The summed E-state index contributed by atoms with van der Waals surface area (Å²) in [6, 6.07) is 10.4. The molecule has 3 N–H and O–H groups in total. The maximum Gasteiger partial charge on any atom is 0.255 e. The minimum Gasteiger partial charge on any atom is -0.399 e. The lowest BCUT2D eigenvalue weighted by Gasteiger charge is -2.22. The Morgan fingerprint density at radius 2 is 1.90 bits per heavy atom. The normalized spacial score (nSPS) is 10.3. The van der Waals surface area contributed by atoms with Gasteiger partial charge in [-0.3, -0.25) is 9.59 Å². The first-order valence-corrected chi connectivity index (χ1v) is 6.92. The van der Waals surface area contributed by atoms with Gasteiger partial charge in [0.2, 0.25) is 5.56 Å². The van der Waals surface area contributed by atoms with Gasteiger partial charge in [0, 0.05) is 31.0 Å². The second kappa shape index (κ2) is 6.74. The molecule has 2 aromatic rings. The molecule has 5 nitrogen and oxygen atoms in total. The molecule has 0 aliphatic rings. The number of amides is 1. The first-order valence-electron chi connectivity index (χ1n) is 6.92. The second-order valence-electron chi connectivity index (χ2n) is 4.91. The first kappa shape index (κ1) is 14.8. The number of carbonyl (C=O) groups excluding carboxylic acids is 1. The zero-order chi connectivity index (χ0) is 15.2. The third-order valence-electron chi connectivity index (χ3n) is 3.17. The number of hydrogen-bond donors (Lipinski definition) is 2. The van der Waals surface area contributed by atoms with Gasteiger partial charge < -0.3 is 15.6 Å². The molecular weight excluding hydrogens is 266 g/mol. The number of benzene rings is 1. The summed E-state index contributed by atoms with van der Waals surface area (Å²) in [6.45, 7) is 3.20. The number of H-pyrrole nitrogens is 1. The van der Waals surface area contributed by atoms with Crippen LogP contribution >= 0.6 is 0 Å². The molecule has 1 heterocycles. The average molecular weight is 285 g/mol. The number of carbonyl (C=O) groups is 1. The second-order valence-corrected chi connectivity index (χ2v) is 4.91. The molecule has 0 fully saturated rings. The van der Waals surface area contributed by atoms with E-state index in [2.05, 4.69) is 4.98 Å². The minimum absolute atomic E-state index is 0.0927. The summed E-state index contributed by atoms with van der Waals surface area (Å²) in [5, 5.41) is 0. The molecule has 0 aliphatic heterocycles. The van der Waals surface area contributed by atoms with E-state index in [1.165, 1.54) is 12.3 Å². The van der Waals surface area contributed by atoms with E-state index in [1.54, 1.807) is 11.0 Å². The number of nitrogen functional groups attached to an aromatic ring is 1. The van der Waals surface area contributed by atoms with E-state index in [9.17, 15) is 9.59 Å². The standard InChI is InChI=1S/C16H19N3O2/c1-2-9-19(11-12-3-6-14(17)7-4-12)16(21)13-5-8-15(20)18-10-13/h3-8,10H,2,9,11,17H2,1H3,(H,18,20). The summed E-state index contributed by atoms with van der Waals surface area (Å²) in [7, 11) is 0. The average Bonchev–Trinajstić information content (AvgIpc) is 2.49. The van der Waals surface area contributed by atoms with Crippen LogP contribution in [0.15, 0.2) is 47.4 Å². The van der Waals surface area contributed by atoms with Crippen LogP contribution < -0.4 is 11.3 Å². The van der Waals surface area contributed by atoms with Gasteiger partial charge in [0.15, 0.2) is 0 Å². The smallest absolute Gasteiger partial charge is 0.255 e. The molecule has 0 unspecified atom stereocenters. The number of rotatable bonds is 5. The van der Waals surface area contributed by atoms with Gasteiger partial charge in [0.05, 0.1) is 5.56 Å². The van der Waals surface area contributed by atoms with Crippen LogP contribution in [0.1, 0.15) is 29.3 Å². The maximum absolute atomic E-state index is 12.5. The van der Waals surface area contributed by atoms with Gasteiger partial charge in [-0.25, -0.2) is 0 Å². The predicted octanol–water partition coefficient (Wildman–Crippen LogP) is 2.01. The Kier molecular flexibility index (Phi) is 4.77. The van der Waals surface area contributed by atoms with E-state index in [-0.39, 0.29) is 11.5 Å². The van der Waals surface area contributed by atoms with E-state index in [4.69, 9.17) is 5.73 Å². The minimum atomic E-state index is -0.216. The van der Waals surface area contributed by atoms with Crippen molar-refractivity contribution in [1.82, 2.24) is 9.88 Å². The van der Waals surface area contributed by atoms with Crippen LogP contribution in [-0.4, -0.2) is 22.3 Å². The van der Waals surface area contributed by atoms with Gasteiger partial charge in [-0.15, -0.1) is 0 Å². The quantitative estimate of drug-likeness (QED) is 0.825. The van der Waals surface area contributed by atoms with E-state index in [0.29, 0.717) is 24.3 Å². The SMILES string of the molecule is CCCN(Cc1ccc(N)cc1)C(=O)c1ccc(=O)[nH]c1.